The molecule has 1 saturated heterocycles. The van der Waals surface area contributed by atoms with Gasteiger partial charge in [-0.25, -0.2) is 0 Å². The number of hydrogen-bond donors (Lipinski definition) is 2. The van der Waals surface area contributed by atoms with Gasteiger partial charge in [-0.1, -0.05) is 20.3 Å². The van der Waals surface area contributed by atoms with Gasteiger partial charge in [0.15, 0.2) is 0 Å². The number of carbonyl (C=O) groups is 1. The predicted molar refractivity (Wildman–Crippen MR) is 72.0 cm³/mol. The normalized spacial score (nSPS) is 20.0. The molecule has 17 heavy (non-hydrogen) atoms. The Hall–Kier alpha value is -0.570. The smallest absolute Gasteiger partial charge is 0.226 e. The van der Waals surface area contributed by atoms with Gasteiger partial charge >= 0.3 is 0 Å². The summed E-state index contributed by atoms with van der Waals surface area (Å²) in [6.07, 6.45) is 5.03. The molecule has 1 aliphatic rings. The van der Waals surface area contributed by atoms with Crippen LogP contribution in [-0.2, 0) is 4.79 Å². The van der Waals surface area contributed by atoms with E-state index in [1.165, 1.54) is 0 Å². The summed E-state index contributed by atoms with van der Waals surface area (Å²) in [6.45, 7) is 10.4. The lowest BCUT2D eigenvalue weighted by molar-refractivity contribution is -0.135. The molecular weight excluding hydrogens is 212 g/mol. The minimum Gasteiger partial charge on any atom is -0.351 e. The fourth-order valence-corrected chi connectivity index (χ4v) is 2.50. The van der Waals surface area contributed by atoms with Crippen molar-refractivity contribution >= 4 is 5.91 Å². The van der Waals surface area contributed by atoms with Crippen molar-refractivity contribution in [3.8, 4) is 0 Å². The summed E-state index contributed by atoms with van der Waals surface area (Å²) in [5.74, 6) is 0.271. The van der Waals surface area contributed by atoms with Crippen LogP contribution in [0.3, 0.4) is 0 Å². The summed E-state index contributed by atoms with van der Waals surface area (Å²) >= 11 is 0. The van der Waals surface area contributed by atoms with Gasteiger partial charge in [0.05, 0.1) is 5.41 Å². The second-order valence-electron chi connectivity index (χ2n) is 5.97. The standard InChI is InChI=1S/C14H28N2O/c1-5-7-14(8-10-15-11-9-14)12(17)16-13(3,4)6-2/h15H,5-11H2,1-4H3,(H,16,17). The summed E-state index contributed by atoms with van der Waals surface area (Å²) in [5.41, 5.74) is -0.199. The highest BCUT2D eigenvalue weighted by Crippen LogP contribution is 2.35. The SMILES string of the molecule is CCCC1(C(=O)NC(C)(C)CC)CCNCC1. The van der Waals surface area contributed by atoms with Gasteiger partial charge in [0.2, 0.25) is 5.91 Å². The van der Waals surface area contributed by atoms with Gasteiger partial charge in [0.1, 0.15) is 0 Å². The Morgan fingerprint density at radius 1 is 1.29 bits per heavy atom. The summed E-state index contributed by atoms with van der Waals surface area (Å²) in [5, 5.41) is 6.58. The Bertz CT molecular complexity index is 249. The van der Waals surface area contributed by atoms with Crippen molar-refractivity contribution in [1.82, 2.24) is 10.6 Å². The molecule has 0 unspecified atom stereocenters. The molecular formula is C14H28N2O. The highest BCUT2D eigenvalue weighted by molar-refractivity contribution is 5.83. The Balaban J connectivity index is 2.73. The summed E-state index contributed by atoms with van der Waals surface area (Å²) < 4.78 is 0. The third kappa shape index (κ3) is 3.70. The van der Waals surface area contributed by atoms with Crippen LogP contribution in [0.2, 0.25) is 0 Å². The van der Waals surface area contributed by atoms with Crippen LogP contribution >= 0.6 is 0 Å². The molecule has 0 radical (unpaired) electrons. The van der Waals surface area contributed by atoms with Crippen molar-refractivity contribution in [2.45, 2.75) is 65.3 Å². The second kappa shape index (κ2) is 5.85. The molecule has 0 saturated carbocycles. The van der Waals surface area contributed by atoms with E-state index in [1.807, 2.05) is 0 Å². The molecule has 1 aliphatic heterocycles. The first-order valence-corrected chi connectivity index (χ1v) is 6.99. The first-order valence-electron chi connectivity index (χ1n) is 6.99. The topological polar surface area (TPSA) is 41.1 Å². The lowest BCUT2D eigenvalue weighted by Gasteiger charge is -2.39. The molecule has 1 fully saturated rings. The molecule has 3 nitrogen and oxygen atoms in total. The van der Waals surface area contributed by atoms with Crippen molar-refractivity contribution in [1.29, 1.82) is 0 Å². The van der Waals surface area contributed by atoms with E-state index in [4.69, 9.17) is 0 Å². The van der Waals surface area contributed by atoms with Crippen molar-refractivity contribution in [2.75, 3.05) is 13.1 Å². The zero-order chi connectivity index (χ0) is 12.9. The van der Waals surface area contributed by atoms with Crippen LogP contribution in [0, 0.1) is 5.41 Å². The maximum atomic E-state index is 12.5. The number of amides is 1. The average molecular weight is 240 g/mol. The van der Waals surface area contributed by atoms with Crippen molar-refractivity contribution in [2.24, 2.45) is 5.41 Å². The maximum absolute atomic E-state index is 12.5. The third-order valence-corrected chi connectivity index (χ3v) is 4.11. The highest BCUT2D eigenvalue weighted by Gasteiger charge is 2.40. The van der Waals surface area contributed by atoms with E-state index in [0.717, 1.165) is 45.2 Å². The Morgan fingerprint density at radius 3 is 2.35 bits per heavy atom. The first-order chi connectivity index (χ1) is 7.96. The molecule has 0 aromatic heterocycles. The molecule has 0 aromatic rings. The fourth-order valence-electron chi connectivity index (χ4n) is 2.50. The lowest BCUT2D eigenvalue weighted by atomic mass is 9.74. The van der Waals surface area contributed by atoms with Crippen molar-refractivity contribution in [3.05, 3.63) is 0 Å². The molecule has 1 heterocycles. The molecule has 1 rings (SSSR count). The van der Waals surface area contributed by atoms with E-state index < -0.39 is 0 Å². The summed E-state index contributed by atoms with van der Waals surface area (Å²) in [7, 11) is 0. The van der Waals surface area contributed by atoms with Crippen LogP contribution in [0.1, 0.15) is 59.8 Å². The fraction of sp³-hybridized carbons (Fsp3) is 0.929. The highest BCUT2D eigenvalue weighted by atomic mass is 16.2. The van der Waals surface area contributed by atoms with Crippen molar-refractivity contribution < 1.29 is 4.79 Å². The summed E-state index contributed by atoms with van der Waals surface area (Å²) in [6, 6.07) is 0. The van der Waals surface area contributed by atoms with Gasteiger partial charge in [-0.3, -0.25) is 4.79 Å². The second-order valence-corrected chi connectivity index (χ2v) is 5.97. The quantitative estimate of drug-likeness (QED) is 0.775. The van der Waals surface area contributed by atoms with Crippen LogP contribution in [-0.4, -0.2) is 24.5 Å². The Morgan fingerprint density at radius 2 is 1.88 bits per heavy atom. The zero-order valence-electron chi connectivity index (χ0n) is 11.9. The number of rotatable bonds is 5. The molecule has 0 aliphatic carbocycles. The van der Waals surface area contributed by atoms with Gasteiger partial charge in [-0.2, -0.15) is 0 Å². The monoisotopic (exact) mass is 240 g/mol. The van der Waals surface area contributed by atoms with E-state index in [1.54, 1.807) is 0 Å². The molecule has 100 valence electrons. The molecule has 1 amide bonds. The zero-order valence-corrected chi connectivity index (χ0v) is 11.9. The molecule has 2 N–H and O–H groups in total. The minimum absolute atomic E-state index is 0.0807. The number of carbonyl (C=O) groups excluding carboxylic acids is 1. The van der Waals surface area contributed by atoms with E-state index in [2.05, 4.69) is 38.3 Å². The van der Waals surface area contributed by atoms with Gasteiger partial charge in [-0.05, 0) is 52.6 Å². The maximum Gasteiger partial charge on any atom is 0.226 e. The van der Waals surface area contributed by atoms with E-state index in [-0.39, 0.29) is 16.9 Å². The van der Waals surface area contributed by atoms with Gasteiger partial charge in [0, 0.05) is 5.54 Å². The van der Waals surface area contributed by atoms with Crippen LogP contribution in [0.5, 0.6) is 0 Å². The van der Waals surface area contributed by atoms with Crippen LogP contribution in [0.15, 0.2) is 0 Å². The Kier molecular flexibility index (Phi) is 4.99. The predicted octanol–water partition coefficient (Wildman–Crippen LogP) is 2.46. The molecule has 0 spiro atoms. The van der Waals surface area contributed by atoms with Crippen LogP contribution in [0.4, 0.5) is 0 Å². The van der Waals surface area contributed by atoms with E-state index in [0.29, 0.717) is 0 Å². The van der Waals surface area contributed by atoms with Crippen LogP contribution in [0.25, 0.3) is 0 Å². The van der Waals surface area contributed by atoms with E-state index >= 15 is 0 Å². The molecule has 3 heteroatoms. The molecule has 0 aromatic carbocycles. The first kappa shape index (κ1) is 14.5. The third-order valence-electron chi connectivity index (χ3n) is 4.11. The average Bonchev–Trinajstić information content (AvgIpc) is 2.30. The number of hydrogen-bond acceptors (Lipinski definition) is 2. The van der Waals surface area contributed by atoms with Gasteiger partial charge in [0.25, 0.3) is 0 Å². The van der Waals surface area contributed by atoms with Gasteiger partial charge in [-0.15, -0.1) is 0 Å². The molecule has 0 bridgehead atoms. The lowest BCUT2D eigenvalue weighted by Crippen LogP contribution is -2.53. The largest absolute Gasteiger partial charge is 0.351 e. The Labute approximate surface area is 106 Å². The van der Waals surface area contributed by atoms with Gasteiger partial charge < -0.3 is 10.6 Å². The van der Waals surface area contributed by atoms with E-state index in [9.17, 15) is 4.79 Å². The minimum atomic E-state index is -0.119. The number of piperidine rings is 1. The molecule has 0 atom stereocenters. The van der Waals surface area contributed by atoms with Crippen molar-refractivity contribution in [3.63, 3.8) is 0 Å². The van der Waals surface area contributed by atoms with Crippen LogP contribution < -0.4 is 10.6 Å². The number of nitrogens with one attached hydrogen (secondary N) is 2. The summed E-state index contributed by atoms with van der Waals surface area (Å²) in [4.78, 5) is 12.5.